The molecule has 0 aliphatic carbocycles. The van der Waals surface area contributed by atoms with E-state index in [0.717, 1.165) is 38.9 Å². The van der Waals surface area contributed by atoms with Gasteiger partial charge in [0, 0.05) is 18.7 Å². The van der Waals surface area contributed by atoms with E-state index in [2.05, 4.69) is 64.5 Å². The monoisotopic (exact) mass is 527 g/mol. The summed E-state index contributed by atoms with van der Waals surface area (Å²) in [7, 11) is 0. The van der Waals surface area contributed by atoms with Crippen LogP contribution in [-0.4, -0.2) is 33.7 Å². The first-order valence-electron chi connectivity index (χ1n) is 13.3. The van der Waals surface area contributed by atoms with Crippen LogP contribution >= 0.6 is 0 Å². The van der Waals surface area contributed by atoms with E-state index in [0.29, 0.717) is 12.1 Å². The van der Waals surface area contributed by atoms with Crippen molar-refractivity contribution in [2.24, 2.45) is 0 Å². The quantitative estimate of drug-likeness (QED) is 0.235. The molecule has 6 rings (SSSR count). The van der Waals surface area contributed by atoms with Crippen LogP contribution in [0.2, 0.25) is 0 Å². The molecule has 40 heavy (non-hydrogen) atoms. The number of nitrogens with zero attached hydrogens (tertiary/aromatic N) is 2. The highest BCUT2D eigenvalue weighted by atomic mass is 16.5. The first kappa shape index (κ1) is 25.3. The van der Waals surface area contributed by atoms with Crippen LogP contribution in [0, 0.1) is 0 Å². The minimum Gasteiger partial charge on any atom is -0.486 e. The number of amides is 1. The minimum atomic E-state index is -0.240. The number of fused-ring (bicyclic) bond motifs is 2. The molecule has 1 aromatic heterocycles. The SMILES string of the molecule is O=C(NCCO)c1ccc2c(c1)nc(COc1ccc3ccccc3c1)n2Cc1ccc(-c2ccccc2)cc1. The Morgan fingerprint density at radius 2 is 1.55 bits per heavy atom. The van der Waals surface area contributed by atoms with Crippen molar-refractivity contribution in [1.29, 1.82) is 0 Å². The van der Waals surface area contributed by atoms with Crippen LogP contribution in [0.25, 0.3) is 32.9 Å². The van der Waals surface area contributed by atoms with E-state index in [9.17, 15) is 4.79 Å². The highest BCUT2D eigenvalue weighted by molar-refractivity contribution is 5.97. The van der Waals surface area contributed by atoms with E-state index in [-0.39, 0.29) is 25.7 Å². The predicted octanol–water partition coefficient (Wildman–Crippen LogP) is 6.21. The van der Waals surface area contributed by atoms with Gasteiger partial charge in [0.1, 0.15) is 18.2 Å². The molecule has 0 aliphatic rings. The first-order valence-corrected chi connectivity index (χ1v) is 13.3. The third-order valence-electron chi connectivity index (χ3n) is 6.98. The number of hydrogen-bond acceptors (Lipinski definition) is 4. The fraction of sp³-hybridized carbons (Fsp3) is 0.118. The summed E-state index contributed by atoms with van der Waals surface area (Å²) in [6.07, 6.45) is 0. The molecule has 1 amide bonds. The van der Waals surface area contributed by atoms with Gasteiger partial charge >= 0.3 is 0 Å². The number of aromatic nitrogens is 2. The molecule has 198 valence electrons. The lowest BCUT2D eigenvalue weighted by atomic mass is 10.0. The van der Waals surface area contributed by atoms with Gasteiger partial charge in [-0.3, -0.25) is 4.79 Å². The average Bonchev–Trinajstić information content (AvgIpc) is 3.35. The largest absolute Gasteiger partial charge is 0.486 e. The molecule has 0 unspecified atom stereocenters. The molecular weight excluding hydrogens is 498 g/mol. The van der Waals surface area contributed by atoms with Gasteiger partial charge in [-0.25, -0.2) is 4.98 Å². The maximum atomic E-state index is 12.5. The number of benzene rings is 5. The van der Waals surface area contributed by atoms with Crippen LogP contribution < -0.4 is 10.1 Å². The second kappa shape index (κ2) is 11.4. The number of aliphatic hydroxyl groups excluding tert-OH is 1. The topological polar surface area (TPSA) is 76.4 Å². The van der Waals surface area contributed by atoms with E-state index in [1.54, 1.807) is 12.1 Å². The van der Waals surface area contributed by atoms with Crippen molar-refractivity contribution in [3.05, 3.63) is 132 Å². The summed E-state index contributed by atoms with van der Waals surface area (Å²) in [4.78, 5) is 17.4. The van der Waals surface area contributed by atoms with E-state index in [1.165, 1.54) is 11.1 Å². The third kappa shape index (κ3) is 5.44. The summed E-state index contributed by atoms with van der Waals surface area (Å²) in [5.74, 6) is 1.30. The van der Waals surface area contributed by atoms with Gasteiger partial charge < -0.3 is 19.7 Å². The van der Waals surface area contributed by atoms with Gasteiger partial charge in [0.25, 0.3) is 5.91 Å². The van der Waals surface area contributed by atoms with Gasteiger partial charge in [0.15, 0.2) is 0 Å². The molecule has 6 heteroatoms. The van der Waals surface area contributed by atoms with E-state index in [4.69, 9.17) is 14.8 Å². The van der Waals surface area contributed by atoms with Crippen LogP contribution in [-0.2, 0) is 13.2 Å². The van der Waals surface area contributed by atoms with Crippen LogP contribution in [0.4, 0.5) is 0 Å². The van der Waals surface area contributed by atoms with Crippen LogP contribution in [0.1, 0.15) is 21.7 Å². The lowest BCUT2D eigenvalue weighted by Crippen LogP contribution is -2.26. The molecule has 0 saturated heterocycles. The molecule has 6 nitrogen and oxygen atoms in total. The number of ether oxygens (including phenoxy) is 1. The zero-order chi connectivity index (χ0) is 27.3. The Morgan fingerprint density at radius 1 is 0.800 bits per heavy atom. The highest BCUT2D eigenvalue weighted by Crippen LogP contribution is 2.25. The molecule has 2 N–H and O–H groups in total. The number of carbonyl (C=O) groups is 1. The Kier molecular flexibility index (Phi) is 7.24. The summed E-state index contributed by atoms with van der Waals surface area (Å²) in [5.41, 5.74) is 5.62. The van der Waals surface area contributed by atoms with Gasteiger partial charge in [-0.15, -0.1) is 0 Å². The van der Waals surface area contributed by atoms with Crippen molar-refractivity contribution in [2.45, 2.75) is 13.2 Å². The van der Waals surface area contributed by atoms with Gasteiger partial charge in [0.05, 0.1) is 17.6 Å². The Morgan fingerprint density at radius 3 is 2.35 bits per heavy atom. The van der Waals surface area contributed by atoms with Gasteiger partial charge in [-0.05, 0) is 57.8 Å². The first-order chi connectivity index (χ1) is 19.7. The van der Waals surface area contributed by atoms with Gasteiger partial charge in [-0.1, -0.05) is 84.9 Å². The molecule has 0 spiro atoms. The van der Waals surface area contributed by atoms with Crippen LogP contribution in [0.15, 0.2) is 115 Å². The number of hydrogen-bond donors (Lipinski definition) is 2. The molecule has 1 heterocycles. The van der Waals surface area contributed by atoms with Crippen molar-refractivity contribution in [3.8, 4) is 16.9 Å². The Labute approximate surface area is 232 Å². The van der Waals surface area contributed by atoms with Crippen molar-refractivity contribution < 1.29 is 14.6 Å². The Hall–Kier alpha value is -4.94. The zero-order valence-electron chi connectivity index (χ0n) is 22.0. The molecule has 0 atom stereocenters. The molecule has 0 radical (unpaired) electrons. The minimum absolute atomic E-state index is 0.109. The molecule has 0 bridgehead atoms. The second-order valence-corrected chi connectivity index (χ2v) is 9.66. The van der Waals surface area contributed by atoms with Crippen LogP contribution in [0.3, 0.4) is 0 Å². The summed E-state index contributed by atoms with van der Waals surface area (Å²) in [6.45, 7) is 0.982. The van der Waals surface area contributed by atoms with E-state index in [1.807, 2.05) is 48.5 Å². The number of imidazole rings is 1. The van der Waals surface area contributed by atoms with Gasteiger partial charge in [0.2, 0.25) is 0 Å². The summed E-state index contributed by atoms with van der Waals surface area (Å²) in [5, 5.41) is 14.0. The normalized spacial score (nSPS) is 11.1. The number of carbonyl (C=O) groups excluding carboxylic acids is 1. The summed E-state index contributed by atoms with van der Waals surface area (Å²) < 4.78 is 8.37. The van der Waals surface area contributed by atoms with Crippen molar-refractivity contribution in [3.63, 3.8) is 0 Å². The fourth-order valence-corrected chi connectivity index (χ4v) is 4.90. The summed E-state index contributed by atoms with van der Waals surface area (Å²) in [6, 6.07) is 38.6. The average molecular weight is 528 g/mol. The number of nitrogens with one attached hydrogen (secondary N) is 1. The maximum Gasteiger partial charge on any atom is 0.251 e. The molecule has 5 aromatic carbocycles. The molecular formula is C34H29N3O3. The zero-order valence-corrected chi connectivity index (χ0v) is 22.0. The molecule has 6 aromatic rings. The molecule has 0 saturated carbocycles. The lowest BCUT2D eigenvalue weighted by Gasteiger charge is -2.12. The number of aliphatic hydroxyl groups is 1. The predicted molar refractivity (Wildman–Crippen MR) is 158 cm³/mol. The summed E-state index contributed by atoms with van der Waals surface area (Å²) >= 11 is 0. The standard InChI is InChI=1S/C34H29N3O3/c38-19-18-35-34(39)29-15-17-32-31(21-29)36-33(23-40-30-16-14-26-8-4-5-9-28(26)20-30)37(32)22-24-10-12-27(13-11-24)25-6-2-1-3-7-25/h1-17,20-21,38H,18-19,22-23H2,(H,35,39). The van der Waals surface area contributed by atoms with Crippen molar-refractivity contribution in [1.82, 2.24) is 14.9 Å². The smallest absolute Gasteiger partial charge is 0.251 e. The number of rotatable bonds is 9. The van der Waals surface area contributed by atoms with Crippen molar-refractivity contribution in [2.75, 3.05) is 13.2 Å². The third-order valence-corrected chi connectivity index (χ3v) is 6.98. The maximum absolute atomic E-state index is 12.5. The van der Waals surface area contributed by atoms with Gasteiger partial charge in [-0.2, -0.15) is 0 Å². The fourth-order valence-electron chi connectivity index (χ4n) is 4.90. The van der Waals surface area contributed by atoms with Crippen molar-refractivity contribution >= 4 is 27.7 Å². The second-order valence-electron chi connectivity index (χ2n) is 9.66. The van der Waals surface area contributed by atoms with E-state index < -0.39 is 0 Å². The highest BCUT2D eigenvalue weighted by Gasteiger charge is 2.15. The molecule has 0 aliphatic heterocycles. The van der Waals surface area contributed by atoms with E-state index >= 15 is 0 Å². The Bertz CT molecular complexity index is 1780. The molecule has 0 fully saturated rings. The Balaban J connectivity index is 1.31. The van der Waals surface area contributed by atoms with Crippen LogP contribution in [0.5, 0.6) is 5.75 Å². The lowest BCUT2D eigenvalue weighted by molar-refractivity contribution is 0.0945.